The molecule has 33 heavy (non-hydrogen) atoms. The maximum absolute atomic E-state index is 13.3. The lowest BCUT2D eigenvalue weighted by Crippen LogP contribution is -2.50. The number of rotatable bonds is 9. The van der Waals surface area contributed by atoms with Crippen LogP contribution in [0.4, 0.5) is 0 Å². The zero-order valence-electron chi connectivity index (χ0n) is 20.5. The summed E-state index contributed by atoms with van der Waals surface area (Å²) in [6.45, 7) is 8.57. The van der Waals surface area contributed by atoms with Crippen molar-refractivity contribution in [3.8, 4) is 0 Å². The van der Waals surface area contributed by atoms with Crippen LogP contribution >= 0.6 is 11.8 Å². The van der Waals surface area contributed by atoms with E-state index in [1.54, 1.807) is 16.7 Å². The van der Waals surface area contributed by atoms with Gasteiger partial charge in [-0.1, -0.05) is 72.9 Å². The van der Waals surface area contributed by atoms with Crippen molar-refractivity contribution in [3.63, 3.8) is 0 Å². The molecule has 3 rings (SSSR count). The van der Waals surface area contributed by atoms with Gasteiger partial charge in [0.05, 0.1) is 5.75 Å². The van der Waals surface area contributed by atoms with Crippen LogP contribution in [0.2, 0.25) is 0 Å². The van der Waals surface area contributed by atoms with E-state index in [9.17, 15) is 9.59 Å². The Morgan fingerprint density at radius 1 is 1.03 bits per heavy atom. The minimum Gasteiger partial charge on any atom is -0.352 e. The molecule has 178 valence electrons. The third-order valence-corrected chi connectivity index (χ3v) is 7.49. The molecule has 0 aromatic heterocycles. The highest BCUT2D eigenvalue weighted by molar-refractivity contribution is 7.99. The number of hydrogen-bond acceptors (Lipinski definition) is 3. The quantitative estimate of drug-likeness (QED) is 0.515. The molecule has 4 nitrogen and oxygen atoms in total. The van der Waals surface area contributed by atoms with E-state index in [0.717, 1.165) is 29.7 Å². The van der Waals surface area contributed by atoms with Crippen LogP contribution in [0.25, 0.3) is 0 Å². The van der Waals surface area contributed by atoms with Crippen LogP contribution in [-0.2, 0) is 21.9 Å². The molecule has 2 aromatic carbocycles. The largest absolute Gasteiger partial charge is 0.352 e. The minimum atomic E-state index is -0.499. The zero-order valence-corrected chi connectivity index (χ0v) is 21.3. The number of thioether (sulfide) groups is 1. The molecular weight excluding hydrogens is 428 g/mol. The van der Waals surface area contributed by atoms with E-state index in [1.807, 2.05) is 25.1 Å². The van der Waals surface area contributed by atoms with Crippen LogP contribution in [0.1, 0.15) is 66.8 Å². The first-order chi connectivity index (χ1) is 15.8. The third-order valence-electron chi connectivity index (χ3n) is 6.50. The minimum absolute atomic E-state index is 0.0129. The first-order valence-corrected chi connectivity index (χ1v) is 13.3. The zero-order chi connectivity index (χ0) is 23.8. The molecule has 0 heterocycles. The van der Waals surface area contributed by atoms with Gasteiger partial charge < -0.3 is 10.2 Å². The molecular formula is C28H38N2O2S. The maximum atomic E-state index is 13.3. The summed E-state index contributed by atoms with van der Waals surface area (Å²) < 4.78 is 0. The number of nitrogens with zero attached hydrogens (tertiary/aromatic N) is 1. The van der Waals surface area contributed by atoms with Crippen molar-refractivity contribution >= 4 is 23.6 Å². The summed E-state index contributed by atoms with van der Waals surface area (Å²) in [5, 5.41) is 3.21. The maximum Gasteiger partial charge on any atom is 0.242 e. The fourth-order valence-electron chi connectivity index (χ4n) is 4.61. The fourth-order valence-corrected chi connectivity index (χ4v) is 5.46. The van der Waals surface area contributed by atoms with Gasteiger partial charge in [-0.05, 0) is 57.2 Å². The van der Waals surface area contributed by atoms with Crippen molar-refractivity contribution in [3.05, 3.63) is 70.3 Å². The normalized spacial score (nSPS) is 15.2. The van der Waals surface area contributed by atoms with Gasteiger partial charge in [0.25, 0.3) is 0 Å². The van der Waals surface area contributed by atoms with E-state index in [4.69, 9.17) is 0 Å². The van der Waals surface area contributed by atoms with Crippen LogP contribution in [-0.4, -0.2) is 34.6 Å². The Balaban J connectivity index is 1.67. The van der Waals surface area contributed by atoms with Gasteiger partial charge in [-0.3, -0.25) is 9.59 Å². The molecule has 1 aliphatic carbocycles. The third kappa shape index (κ3) is 7.63. The number of carbonyl (C=O) groups excluding carboxylic acids is 2. The Kier molecular flexibility index (Phi) is 9.42. The summed E-state index contributed by atoms with van der Waals surface area (Å²) in [5.74, 6) is 1.12. The first kappa shape index (κ1) is 25.4. The summed E-state index contributed by atoms with van der Waals surface area (Å²) in [5.41, 5.74) is 5.94. The molecule has 0 aliphatic heterocycles. The van der Waals surface area contributed by atoms with Gasteiger partial charge in [-0.15, -0.1) is 11.8 Å². The average Bonchev–Trinajstić information content (AvgIpc) is 2.78. The van der Waals surface area contributed by atoms with E-state index in [1.165, 1.54) is 36.0 Å². The van der Waals surface area contributed by atoms with Crippen LogP contribution in [0, 0.1) is 20.8 Å². The smallest absolute Gasteiger partial charge is 0.242 e. The van der Waals surface area contributed by atoms with Crippen LogP contribution in [0.15, 0.2) is 42.5 Å². The highest BCUT2D eigenvalue weighted by atomic mass is 32.2. The number of carbonyl (C=O) groups is 2. The van der Waals surface area contributed by atoms with Crippen molar-refractivity contribution in [2.75, 3.05) is 5.75 Å². The Hall–Kier alpha value is -2.27. The lowest BCUT2D eigenvalue weighted by Gasteiger charge is -2.31. The van der Waals surface area contributed by atoms with Gasteiger partial charge >= 0.3 is 0 Å². The number of nitrogens with one attached hydrogen (secondary N) is 1. The van der Waals surface area contributed by atoms with Gasteiger partial charge in [-0.2, -0.15) is 0 Å². The predicted molar refractivity (Wildman–Crippen MR) is 138 cm³/mol. The van der Waals surface area contributed by atoms with E-state index in [-0.39, 0.29) is 17.9 Å². The highest BCUT2D eigenvalue weighted by Crippen LogP contribution is 2.21. The molecule has 1 saturated carbocycles. The summed E-state index contributed by atoms with van der Waals surface area (Å²) >= 11 is 1.62. The molecule has 0 radical (unpaired) electrons. The SMILES string of the molecule is Cc1cc(C)cc(CSCC(=O)N(Cc2ccccc2C)C(C)C(=O)NC2CCCCC2)c1. The second-order valence-corrected chi connectivity index (χ2v) is 10.4. The Morgan fingerprint density at radius 3 is 2.36 bits per heavy atom. The van der Waals surface area contributed by atoms with Gasteiger partial charge in [-0.25, -0.2) is 0 Å². The molecule has 1 atom stereocenters. The van der Waals surface area contributed by atoms with Crippen LogP contribution < -0.4 is 5.32 Å². The molecule has 2 amide bonds. The van der Waals surface area contributed by atoms with Gasteiger partial charge in [0.1, 0.15) is 6.04 Å². The van der Waals surface area contributed by atoms with E-state index in [2.05, 4.69) is 50.4 Å². The van der Waals surface area contributed by atoms with E-state index >= 15 is 0 Å². The second kappa shape index (κ2) is 12.3. The lowest BCUT2D eigenvalue weighted by atomic mass is 9.95. The van der Waals surface area contributed by atoms with Crippen LogP contribution in [0.5, 0.6) is 0 Å². The first-order valence-electron chi connectivity index (χ1n) is 12.1. The molecule has 2 aromatic rings. The Labute approximate surface area is 203 Å². The molecule has 0 bridgehead atoms. The van der Waals surface area contributed by atoms with Crippen molar-refractivity contribution < 1.29 is 9.59 Å². The highest BCUT2D eigenvalue weighted by Gasteiger charge is 2.28. The number of amides is 2. The standard InChI is InChI=1S/C28H38N2O2S/c1-20-14-21(2)16-24(15-20)18-33-19-27(31)30(17-25-11-9-8-10-22(25)3)23(4)28(32)29-26-12-6-5-7-13-26/h8-11,14-16,23,26H,5-7,12-13,17-19H2,1-4H3,(H,29,32). The summed E-state index contributed by atoms with van der Waals surface area (Å²) in [7, 11) is 0. The number of benzene rings is 2. The molecule has 1 fully saturated rings. The Bertz CT molecular complexity index is 932. The average molecular weight is 467 g/mol. The van der Waals surface area contributed by atoms with Crippen molar-refractivity contribution in [1.82, 2.24) is 10.2 Å². The summed E-state index contributed by atoms with van der Waals surface area (Å²) in [6, 6.07) is 14.4. The number of hydrogen-bond donors (Lipinski definition) is 1. The number of aryl methyl sites for hydroxylation is 3. The van der Waals surface area contributed by atoms with Gasteiger partial charge in [0.2, 0.25) is 11.8 Å². The lowest BCUT2D eigenvalue weighted by molar-refractivity contribution is -0.139. The summed E-state index contributed by atoms with van der Waals surface area (Å²) in [4.78, 5) is 28.2. The van der Waals surface area contributed by atoms with Crippen molar-refractivity contribution in [2.45, 2.75) is 84.2 Å². The van der Waals surface area contributed by atoms with E-state index in [0.29, 0.717) is 12.3 Å². The topological polar surface area (TPSA) is 49.4 Å². The monoisotopic (exact) mass is 466 g/mol. The molecule has 0 saturated heterocycles. The molecule has 5 heteroatoms. The summed E-state index contributed by atoms with van der Waals surface area (Å²) in [6.07, 6.45) is 5.66. The van der Waals surface area contributed by atoms with Gasteiger partial charge in [0, 0.05) is 18.3 Å². The molecule has 0 spiro atoms. The molecule has 1 unspecified atom stereocenters. The molecule has 1 aliphatic rings. The fraction of sp³-hybridized carbons (Fsp3) is 0.500. The van der Waals surface area contributed by atoms with E-state index < -0.39 is 6.04 Å². The van der Waals surface area contributed by atoms with Crippen molar-refractivity contribution in [2.24, 2.45) is 0 Å². The molecule has 1 N–H and O–H groups in total. The van der Waals surface area contributed by atoms with Crippen LogP contribution in [0.3, 0.4) is 0 Å². The van der Waals surface area contributed by atoms with Gasteiger partial charge in [0.15, 0.2) is 0 Å². The second-order valence-electron chi connectivity index (χ2n) is 9.46. The predicted octanol–water partition coefficient (Wildman–Crippen LogP) is 5.71. The Morgan fingerprint density at radius 2 is 1.70 bits per heavy atom. The van der Waals surface area contributed by atoms with Crippen molar-refractivity contribution in [1.29, 1.82) is 0 Å².